The summed E-state index contributed by atoms with van der Waals surface area (Å²) in [5, 5.41) is 12.5. The van der Waals surface area contributed by atoms with Crippen LogP contribution in [0.1, 0.15) is 167 Å². The summed E-state index contributed by atoms with van der Waals surface area (Å²) >= 11 is 25.4. The van der Waals surface area contributed by atoms with E-state index >= 15 is 0 Å². The fourth-order valence-corrected chi connectivity index (χ4v) is 11.7. The van der Waals surface area contributed by atoms with E-state index in [9.17, 15) is 19.5 Å². The Morgan fingerprint density at radius 3 is 1.30 bits per heavy atom. The number of nitrogens with zero attached hydrogens (tertiary/aromatic N) is 2. The third-order valence-corrected chi connectivity index (χ3v) is 15.6. The van der Waals surface area contributed by atoms with Gasteiger partial charge in [-0.2, -0.15) is 0 Å². The van der Waals surface area contributed by atoms with Crippen LogP contribution in [-0.4, -0.2) is 44.8 Å². The summed E-state index contributed by atoms with van der Waals surface area (Å²) in [4.78, 5) is 44.8. The Hall–Kier alpha value is -3.81. The zero-order valence-electron chi connectivity index (χ0n) is 42.5. The van der Waals surface area contributed by atoms with Gasteiger partial charge in [-0.25, -0.2) is 0 Å². The molecule has 4 aromatic rings. The van der Waals surface area contributed by atoms with Gasteiger partial charge < -0.3 is 14.9 Å². The fraction of sp³-hybridized carbons (Fsp3) is 0.508. The second-order valence-electron chi connectivity index (χ2n) is 21.9. The molecule has 2 amide bonds. The second-order valence-corrected chi connectivity index (χ2v) is 23.6. The first-order valence-corrected chi connectivity index (χ1v) is 26.5. The van der Waals surface area contributed by atoms with Gasteiger partial charge in [-0.3, -0.25) is 14.4 Å². The molecule has 0 radical (unpaired) electrons. The Morgan fingerprint density at radius 2 is 0.971 bits per heavy atom. The average molecular weight is 1020 g/mol. The van der Waals surface area contributed by atoms with Crippen molar-refractivity contribution in [1.82, 2.24) is 9.80 Å². The molecule has 0 spiro atoms. The lowest BCUT2D eigenvalue weighted by Gasteiger charge is -2.53. The molecule has 2 heterocycles. The topological polar surface area (TPSA) is 77.9 Å². The summed E-state index contributed by atoms with van der Waals surface area (Å²) in [7, 11) is 0. The summed E-state index contributed by atoms with van der Waals surface area (Å²) < 4.78 is 0. The first-order chi connectivity index (χ1) is 32.5. The van der Waals surface area contributed by atoms with Crippen LogP contribution in [0.4, 0.5) is 0 Å². The van der Waals surface area contributed by atoms with Crippen molar-refractivity contribution in [3.05, 3.63) is 152 Å². The van der Waals surface area contributed by atoms with Gasteiger partial charge in [-0.05, 0) is 139 Å². The first kappa shape index (κ1) is 56.1. The minimum Gasteiger partial charge on any atom is -0.481 e. The number of halogens is 4. The number of carbonyl (C=O) groups excluding carboxylic acids is 2. The highest BCUT2D eigenvalue weighted by molar-refractivity contribution is 6.31. The SMILES string of the molecule is C=CC[C@@]1(C)CC(c2cccc(Cl)c2)[C@@H](c2ccc(Cl)cc2)N([C@H](CCC(C)C)C(C)C)C1=O.CC(C)CC[C@H](C(C)C)N1C(=O)[C@@](C)(CC(=O)O)CC(c2cccc(Cl)c2)[C@H]1c1ccc(Cl)cc1. The molecule has 0 aliphatic carbocycles. The first-order valence-electron chi connectivity index (χ1n) is 25.0. The van der Waals surface area contributed by atoms with Crippen LogP contribution in [-0.2, 0) is 14.4 Å². The Morgan fingerprint density at radius 1 is 0.594 bits per heavy atom. The molecule has 1 N–H and O–H groups in total. The molecule has 4 aromatic carbocycles. The zero-order valence-corrected chi connectivity index (χ0v) is 45.6. The smallest absolute Gasteiger partial charge is 0.304 e. The van der Waals surface area contributed by atoms with Gasteiger partial charge in [0.05, 0.1) is 29.3 Å². The standard InChI is InChI=1S/C30H39Cl2NO.C29H37Cl2NO3/c1-7-17-30(6)19-26(23-9-8-10-25(32)18-23)28(22-12-14-24(31)15-13-22)33(29(30)34)27(21(4)5)16-11-20(2)3;1-18(2)9-14-25(19(3)4)32-27(20-10-12-22(30)13-11-20)24(21-7-6-8-23(31)15-21)16-29(5,28(32)35)17-26(33)34/h7-10,12-15,18,20-21,26-28H,1,11,16-17,19H2,2-6H3;6-8,10-13,15,18-19,24-25,27H,9,14,16-17H2,1-5H3,(H,33,34)/t26?,27-,28-,30+;24?,25-,27-,29-/m11/s1. The van der Waals surface area contributed by atoms with Gasteiger partial charge in [-0.1, -0.05) is 170 Å². The minimum atomic E-state index is -1.02. The van der Waals surface area contributed by atoms with Crippen LogP contribution >= 0.6 is 46.4 Å². The molecule has 2 saturated heterocycles. The predicted molar refractivity (Wildman–Crippen MR) is 288 cm³/mol. The lowest BCUT2D eigenvalue weighted by Crippen LogP contribution is -2.57. The number of aliphatic carboxylic acids is 1. The van der Waals surface area contributed by atoms with Crippen LogP contribution in [0, 0.1) is 34.5 Å². The van der Waals surface area contributed by atoms with Crippen LogP contribution in [0.15, 0.2) is 110 Å². The fourth-order valence-electron chi connectivity index (χ4n) is 11.1. The Labute approximate surface area is 434 Å². The van der Waals surface area contributed by atoms with Crippen molar-refractivity contribution in [1.29, 1.82) is 0 Å². The maximum Gasteiger partial charge on any atom is 0.304 e. The van der Waals surface area contributed by atoms with Gasteiger partial charge >= 0.3 is 5.97 Å². The summed E-state index contributed by atoms with van der Waals surface area (Å²) in [5.41, 5.74) is 2.78. The van der Waals surface area contributed by atoms with Crippen LogP contribution in [0.2, 0.25) is 20.1 Å². The molecular weight excluding hydrogens is 942 g/mol. The molecule has 0 aromatic heterocycles. The molecule has 2 unspecified atom stereocenters. The highest BCUT2D eigenvalue weighted by Crippen LogP contribution is 2.55. The van der Waals surface area contributed by atoms with Gasteiger partial charge in [0.1, 0.15) is 0 Å². The minimum absolute atomic E-state index is 0.0271. The molecule has 2 aliphatic rings. The van der Waals surface area contributed by atoms with E-state index < -0.39 is 16.8 Å². The molecule has 374 valence electrons. The molecule has 6 nitrogen and oxygen atoms in total. The van der Waals surface area contributed by atoms with E-state index in [0.29, 0.717) is 45.7 Å². The zero-order chi connectivity index (χ0) is 51.0. The number of rotatable bonds is 18. The number of likely N-dealkylation sites (tertiary alicyclic amines) is 2. The number of allylic oxidation sites excluding steroid dienone is 1. The van der Waals surface area contributed by atoms with Crippen molar-refractivity contribution in [2.24, 2.45) is 34.5 Å². The van der Waals surface area contributed by atoms with Crippen molar-refractivity contribution < 1.29 is 19.5 Å². The van der Waals surface area contributed by atoms with E-state index in [-0.39, 0.29) is 60.2 Å². The number of carboxylic acid groups (broad SMARTS) is 1. The van der Waals surface area contributed by atoms with E-state index in [1.807, 2.05) is 90.7 Å². The Kier molecular flexibility index (Phi) is 20.0. The summed E-state index contributed by atoms with van der Waals surface area (Å²) in [6.45, 7) is 25.6. The van der Waals surface area contributed by atoms with Crippen molar-refractivity contribution in [3.63, 3.8) is 0 Å². The van der Waals surface area contributed by atoms with Gasteiger partial charge in [0.25, 0.3) is 0 Å². The van der Waals surface area contributed by atoms with E-state index in [2.05, 4.69) is 98.1 Å². The number of carbonyl (C=O) groups is 3. The van der Waals surface area contributed by atoms with Gasteiger partial charge in [0.2, 0.25) is 11.8 Å². The third-order valence-electron chi connectivity index (χ3n) is 14.7. The highest BCUT2D eigenvalue weighted by Gasteiger charge is 2.54. The lowest BCUT2D eigenvalue weighted by molar-refractivity contribution is -0.162. The maximum absolute atomic E-state index is 14.3. The van der Waals surface area contributed by atoms with Gasteiger partial charge in [0.15, 0.2) is 0 Å². The Bertz CT molecular complexity index is 2350. The number of amides is 2. The molecule has 6 rings (SSSR count). The Balaban J connectivity index is 0.000000258. The monoisotopic (exact) mass is 1020 g/mol. The molecule has 10 heteroatoms. The lowest BCUT2D eigenvalue weighted by atomic mass is 9.66. The van der Waals surface area contributed by atoms with Crippen LogP contribution in [0.5, 0.6) is 0 Å². The maximum atomic E-state index is 14.3. The van der Waals surface area contributed by atoms with E-state index in [0.717, 1.165) is 53.8 Å². The van der Waals surface area contributed by atoms with Crippen LogP contribution in [0.3, 0.4) is 0 Å². The van der Waals surface area contributed by atoms with E-state index in [4.69, 9.17) is 46.4 Å². The molecule has 8 atom stereocenters. The summed E-state index contributed by atoms with van der Waals surface area (Å²) in [6, 6.07) is 31.4. The van der Waals surface area contributed by atoms with E-state index in [1.54, 1.807) is 0 Å². The quantitative estimate of drug-likeness (QED) is 0.101. The normalized spacial score (nSPS) is 23.9. The largest absolute Gasteiger partial charge is 0.481 e. The number of carboxylic acids is 1. The van der Waals surface area contributed by atoms with Gasteiger partial charge in [-0.15, -0.1) is 6.58 Å². The molecule has 2 fully saturated rings. The van der Waals surface area contributed by atoms with E-state index in [1.165, 1.54) is 5.56 Å². The number of benzene rings is 4. The molecule has 0 saturated carbocycles. The molecule has 0 bridgehead atoms. The van der Waals surface area contributed by atoms with Crippen molar-refractivity contribution in [2.75, 3.05) is 0 Å². The van der Waals surface area contributed by atoms with Crippen LogP contribution in [0.25, 0.3) is 0 Å². The highest BCUT2D eigenvalue weighted by atomic mass is 35.5. The van der Waals surface area contributed by atoms with Crippen molar-refractivity contribution in [2.45, 2.75) is 157 Å². The second kappa shape index (κ2) is 24.5. The van der Waals surface area contributed by atoms with Gasteiger partial charge in [0, 0.05) is 44.0 Å². The molecular formula is C59H76Cl4N2O4. The predicted octanol–water partition coefficient (Wildman–Crippen LogP) is 17.1. The molecule has 2 aliphatic heterocycles. The van der Waals surface area contributed by atoms with Crippen molar-refractivity contribution in [3.8, 4) is 0 Å². The summed E-state index contributed by atoms with van der Waals surface area (Å²) in [6.07, 6.45) is 7.43. The van der Waals surface area contributed by atoms with Crippen molar-refractivity contribution >= 4 is 64.2 Å². The van der Waals surface area contributed by atoms with Crippen LogP contribution < -0.4 is 0 Å². The molecule has 69 heavy (non-hydrogen) atoms. The number of hydrogen-bond acceptors (Lipinski definition) is 3. The number of hydrogen-bond donors (Lipinski definition) is 1. The summed E-state index contributed by atoms with van der Waals surface area (Å²) in [5.74, 6) is 0.813. The number of piperidine rings is 2. The third kappa shape index (κ3) is 14.0. The average Bonchev–Trinajstić information content (AvgIpc) is 3.27.